The number of ether oxygens (including phenoxy) is 1. The average Bonchev–Trinajstić information content (AvgIpc) is 3.78. The fraction of sp³-hybridized carbons (Fsp3) is 0.262. The van der Waals surface area contributed by atoms with Crippen molar-refractivity contribution in [3.05, 3.63) is 137 Å². The van der Waals surface area contributed by atoms with E-state index in [0.29, 0.717) is 12.8 Å². The summed E-state index contributed by atoms with van der Waals surface area (Å²) in [6.45, 7) is 7.99. The quantitative estimate of drug-likeness (QED) is 0.128. The third-order valence-electron chi connectivity index (χ3n) is 11.0. The maximum atomic E-state index is 13.2. The molecule has 5 aromatic carbocycles. The highest BCUT2D eigenvalue weighted by Crippen LogP contribution is 2.43. The number of carbonyl (C=O) groups excluding carboxylic acids is 1. The molecule has 250 valence electrons. The second-order valence-corrected chi connectivity index (χ2v) is 14.2. The van der Waals surface area contributed by atoms with Gasteiger partial charge in [-0.05, 0) is 103 Å². The van der Waals surface area contributed by atoms with Crippen LogP contribution in [0.4, 0.5) is 11.4 Å². The minimum absolute atomic E-state index is 0.115. The lowest BCUT2D eigenvalue weighted by atomic mass is 9.58. The number of esters is 1. The van der Waals surface area contributed by atoms with Gasteiger partial charge in [0.25, 0.3) is 0 Å². The van der Waals surface area contributed by atoms with E-state index in [-0.39, 0.29) is 13.0 Å². The molecule has 1 aromatic heterocycles. The molecule has 0 spiro atoms. The maximum Gasteiger partial charge on any atom is 0.409 e. The van der Waals surface area contributed by atoms with Crippen LogP contribution in [0.2, 0.25) is 0 Å². The van der Waals surface area contributed by atoms with Gasteiger partial charge in [0.2, 0.25) is 0 Å². The Hall–Kier alpha value is -5.37. The molecule has 50 heavy (non-hydrogen) atoms. The summed E-state index contributed by atoms with van der Waals surface area (Å²) in [6.07, 6.45) is 5.17. The van der Waals surface area contributed by atoms with Gasteiger partial charge in [-0.2, -0.15) is 0 Å². The van der Waals surface area contributed by atoms with Gasteiger partial charge in [0.1, 0.15) is 5.69 Å². The molecule has 1 aliphatic heterocycles. The predicted octanol–water partition coefficient (Wildman–Crippen LogP) is 7.45. The standard InChI is InChI=1S/C42H42BN5O2/c1-28-33(20-13-23-47-27-37(45-46-47)31-16-9-6-10-17-31)40(29(2)35-25-42(3,24-34(28)35)41(49)50-4)43-44-36-21-11-18-32-19-12-22-38(39(32)36)48(43)26-30-14-7-5-8-15-30/h5-12,14-19,21-22,27,44H,13,20,23-26H2,1-4H3. The number of rotatable bonds is 9. The van der Waals surface area contributed by atoms with Crippen molar-refractivity contribution in [2.45, 2.75) is 59.5 Å². The summed E-state index contributed by atoms with van der Waals surface area (Å²) < 4.78 is 7.31. The average molecular weight is 660 g/mol. The number of hydrogen-bond donors (Lipinski definition) is 1. The monoisotopic (exact) mass is 659 g/mol. The van der Waals surface area contributed by atoms with E-state index in [1.54, 1.807) is 0 Å². The summed E-state index contributed by atoms with van der Waals surface area (Å²) in [6, 6.07) is 34.1. The number of anilines is 2. The van der Waals surface area contributed by atoms with Crippen LogP contribution in [0.25, 0.3) is 22.0 Å². The van der Waals surface area contributed by atoms with Crippen molar-refractivity contribution in [2.75, 3.05) is 17.1 Å². The maximum absolute atomic E-state index is 13.2. The molecule has 7 nitrogen and oxygen atoms in total. The third-order valence-corrected chi connectivity index (χ3v) is 11.0. The Kier molecular flexibility index (Phi) is 8.18. The second kappa shape index (κ2) is 12.8. The predicted molar refractivity (Wildman–Crippen MR) is 203 cm³/mol. The molecule has 2 heterocycles. The van der Waals surface area contributed by atoms with Crippen LogP contribution in [0.1, 0.15) is 46.7 Å². The Balaban J connectivity index is 1.23. The summed E-state index contributed by atoms with van der Waals surface area (Å²) in [5.41, 5.74) is 12.8. The number of hydrogen-bond acceptors (Lipinski definition) is 6. The van der Waals surface area contributed by atoms with Gasteiger partial charge in [-0.1, -0.05) is 90.1 Å². The summed E-state index contributed by atoms with van der Waals surface area (Å²) in [7, 11) is 1.51. The first-order chi connectivity index (χ1) is 24.3. The number of methoxy groups -OCH3 is 1. The molecule has 1 N–H and O–H groups in total. The molecule has 0 saturated heterocycles. The van der Waals surface area contributed by atoms with Gasteiger partial charge < -0.3 is 14.8 Å². The van der Waals surface area contributed by atoms with E-state index in [0.717, 1.165) is 42.9 Å². The minimum atomic E-state index is -0.584. The summed E-state index contributed by atoms with van der Waals surface area (Å²) in [5.74, 6) is -0.141. The number of benzene rings is 5. The Morgan fingerprint density at radius 3 is 2.34 bits per heavy atom. The number of aromatic nitrogens is 3. The van der Waals surface area contributed by atoms with Crippen molar-refractivity contribution in [1.82, 2.24) is 15.0 Å². The minimum Gasteiger partial charge on any atom is -0.469 e. The Morgan fingerprint density at radius 1 is 0.900 bits per heavy atom. The van der Waals surface area contributed by atoms with E-state index < -0.39 is 5.41 Å². The van der Waals surface area contributed by atoms with E-state index in [2.05, 4.69) is 120 Å². The molecule has 1 atom stereocenters. The molecule has 0 fully saturated rings. The summed E-state index contributed by atoms with van der Waals surface area (Å²) in [5, 5.41) is 15.5. The number of carbonyl (C=O) groups is 1. The van der Waals surface area contributed by atoms with E-state index in [1.807, 2.05) is 29.1 Å². The molecule has 8 heteroatoms. The van der Waals surface area contributed by atoms with Crippen LogP contribution in [0, 0.1) is 19.3 Å². The van der Waals surface area contributed by atoms with Crippen LogP contribution in [0.3, 0.4) is 0 Å². The van der Waals surface area contributed by atoms with Crippen molar-refractivity contribution < 1.29 is 9.53 Å². The second-order valence-electron chi connectivity index (χ2n) is 14.2. The molecule has 1 aliphatic carbocycles. The fourth-order valence-corrected chi connectivity index (χ4v) is 8.43. The summed E-state index contributed by atoms with van der Waals surface area (Å²) in [4.78, 5) is 15.7. The Labute approximate surface area is 294 Å². The number of nitrogens with one attached hydrogen (secondary N) is 1. The van der Waals surface area contributed by atoms with Crippen molar-refractivity contribution in [3.63, 3.8) is 0 Å². The lowest BCUT2D eigenvalue weighted by Crippen LogP contribution is -2.58. The highest BCUT2D eigenvalue weighted by atomic mass is 16.5. The lowest BCUT2D eigenvalue weighted by Gasteiger charge is -2.40. The normalized spacial score (nSPS) is 16.4. The number of nitrogens with zero attached hydrogens (tertiary/aromatic N) is 4. The molecule has 2 aliphatic rings. The van der Waals surface area contributed by atoms with Gasteiger partial charge in [-0.3, -0.25) is 9.48 Å². The first kappa shape index (κ1) is 31.9. The van der Waals surface area contributed by atoms with E-state index in [1.165, 1.54) is 62.4 Å². The van der Waals surface area contributed by atoms with E-state index in [4.69, 9.17) is 4.74 Å². The highest BCUT2D eigenvalue weighted by molar-refractivity contribution is 6.81. The van der Waals surface area contributed by atoms with E-state index in [9.17, 15) is 4.79 Å². The first-order valence-electron chi connectivity index (χ1n) is 17.6. The van der Waals surface area contributed by atoms with Crippen molar-refractivity contribution in [3.8, 4) is 11.3 Å². The Bertz CT molecular complexity index is 2210. The number of aryl methyl sites for hydroxylation is 1. The number of fused-ring (bicyclic) bond motifs is 1. The molecule has 8 rings (SSSR count). The van der Waals surface area contributed by atoms with Gasteiger partial charge >= 0.3 is 13.0 Å². The van der Waals surface area contributed by atoms with Crippen LogP contribution in [0.15, 0.2) is 103 Å². The van der Waals surface area contributed by atoms with Gasteiger partial charge in [0, 0.05) is 35.4 Å². The van der Waals surface area contributed by atoms with Crippen molar-refractivity contribution in [1.29, 1.82) is 0 Å². The SMILES string of the molecule is COC(=O)C1(C)Cc2c(C)c(CCCn3cc(-c4ccccc4)nn3)c(B3Nc4cccc5cccc(c45)N3Cc3ccccc3)c(C)c2C1. The molecule has 0 amide bonds. The van der Waals surface area contributed by atoms with Crippen LogP contribution in [0.5, 0.6) is 0 Å². The summed E-state index contributed by atoms with van der Waals surface area (Å²) >= 11 is 0. The molecule has 1 unspecified atom stereocenters. The topological polar surface area (TPSA) is 72.3 Å². The molecular weight excluding hydrogens is 617 g/mol. The van der Waals surface area contributed by atoms with Gasteiger partial charge in [-0.15, -0.1) is 5.10 Å². The molecule has 0 bridgehead atoms. The zero-order chi connectivity index (χ0) is 34.4. The smallest absolute Gasteiger partial charge is 0.409 e. The van der Waals surface area contributed by atoms with E-state index >= 15 is 0 Å². The van der Waals surface area contributed by atoms with Crippen LogP contribution in [-0.2, 0) is 41.9 Å². The fourth-order valence-electron chi connectivity index (χ4n) is 8.43. The molecular formula is C42H42BN5O2. The van der Waals surface area contributed by atoms with Crippen LogP contribution < -0.4 is 15.5 Å². The zero-order valence-corrected chi connectivity index (χ0v) is 29.2. The lowest BCUT2D eigenvalue weighted by molar-refractivity contribution is -0.151. The van der Waals surface area contributed by atoms with Crippen molar-refractivity contribution >= 4 is 40.6 Å². The van der Waals surface area contributed by atoms with Crippen LogP contribution >= 0.6 is 0 Å². The molecule has 0 radical (unpaired) electrons. The van der Waals surface area contributed by atoms with Crippen molar-refractivity contribution in [2.24, 2.45) is 5.41 Å². The van der Waals surface area contributed by atoms with Gasteiger partial charge in [0.15, 0.2) is 0 Å². The first-order valence-corrected chi connectivity index (χ1v) is 17.6. The molecule has 0 saturated carbocycles. The highest BCUT2D eigenvalue weighted by Gasteiger charge is 2.45. The third kappa shape index (κ3) is 5.53. The van der Waals surface area contributed by atoms with Gasteiger partial charge in [-0.25, -0.2) is 0 Å². The zero-order valence-electron chi connectivity index (χ0n) is 29.2. The molecule has 6 aromatic rings. The van der Waals surface area contributed by atoms with Crippen LogP contribution in [-0.4, -0.2) is 35.1 Å². The largest absolute Gasteiger partial charge is 0.469 e. The Morgan fingerprint density at radius 2 is 1.60 bits per heavy atom. The van der Waals surface area contributed by atoms with Gasteiger partial charge in [0.05, 0.1) is 18.7 Å².